The molecule has 0 bridgehead atoms. The Labute approximate surface area is 162 Å². The Morgan fingerprint density at radius 1 is 1.04 bits per heavy atom. The van der Waals surface area contributed by atoms with E-state index in [1.165, 1.54) is 0 Å². The van der Waals surface area contributed by atoms with E-state index in [4.69, 9.17) is 30.8 Å². The first-order valence-electron chi connectivity index (χ1n) is 9.04. The number of benzene rings is 2. The number of esters is 2. The minimum atomic E-state index is -0.374. The van der Waals surface area contributed by atoms with Crippen molar-refractivity contribution in [2.45, 2.75) is 46.0 Å². The van der Waals surface area contributed by atoms with E-state index in [9.17, 15) is 9.59 Å². The first-order valence-corrected chi connectivity index (χ1v) is 9.41. The second-order valence-electron chi connectivity index (χ2n) is 6.26. The van der Waals surface area contributed by atoms with E-state index >= 15 is 0 Å². The molecule has 0 fully saturated rings. The van der Waals surface area contributed by atoms with Gasteiger partial charge in [-0.15, -0.1) is 0 Å². The fraction of sp³-hybridized carbons (Fsp3) is 0.400. The van der Waals surface area contributed by atoms with Crippen molar-refractivity contribution in [2.75, 3.05) is 6.61 Å². The van der Waals surface area contributed by atoms with Crippen molar-refractivity contribution >= 4 is 34.3 Å². The van der Waals surface area contributed by atoms with Crippen LogP contribution in [0.3, 0.4) is 0 Å². The molecule has 0 atom stereocenters. The quantitative estimate of drug-likeness (QED) is 0.400. The summed E-state index contributed by atoms with van der Waals surface area (Å²) in [7, 11) is 0. The van der Waals surface area contributed by atoms with Crippen LogP contribution in [0, 0.1) is 0 Å². The Bertz CT molecular complexity index is 877. The molecule has 1 aliphatic heterocycles. The SMILES string of the molecule is CCCC(=O)Oc1c2c(c(OC(=O)CCC)c3ccc(Cl)cc13)OOCC2. The van der Waals surface area contributed by atoms with Crippen molar-refractivity contribution in [3.63, 3.8) is 0 Å². The highest BCUT2D eigenvalue weighted by atomic mass is 35.5. The predicted octanol–water partition coefficient (Wildman–Crippen LogP) is 4.77. The summed E-state index contributed by atoms with van der Waals surface area (Å²) in [5.74, 6) is 0.175. The Balaban J connectivity index is 2.21. The molecule has 1 aliphatic rings. The van der Waals surface area contributed by atoms with Crippen molar-refractivity contribution in [2.24, 2.45) is 0 Å². The molecule has 0 amide bonds. The molecule has 0 aromatic heterocycles. The molecule has 0 saturated carbocycles. The van der Waals surface area contributed by atoms with Crippen LogP contribution in [0.1, 0.15) is 45.1 Å². The highest BCUT2D eigenvalue weighted by Gasteiger charge is 2.29. The Hall–Kier alpha value is -2.31. The lowest BCUT2D eigenvalue weighted by atomic mass is 10.00. The van der Waals surface area contributed by atoms with E-state index in [1.807, 2.05) is 13.8 Å². The molecule has 0 unspecified atom stereocenters. The maximum atomic E-state index is 12.2. The second kappa shape index (κ2) is 8.59. The van der Waals surface area contributed by atoms with Crippen molar-refractivity contribution in [3.05, 3.63) is 28.8 Å². The van der Waals surface area contributed by atoms with Crippen LogP contribution in [-0.4, -0.2) is 18.5 Å². The number of halogens is 1. The summed E-state index contributed by atoms with van der Waals surface area (Å²) in [5.41, 5.74) is 0.625. The summed E-state index contributed by atoms with van der Waals surface area (Å²) in [6.07, 6.45) is 2.35. The van der Waals surface area contributed by atoms with Gasteiger partial charge < -0.3 is 14.4 Å². The van der Waals surface area contributed by atoms with Crippen LogP contribution in [0.5, 0.6) is 17.2 Å². The monoisotopic (exact) mass is 392 g/mol. The summed E-state index contributed by atoms with van der Waals surface area (Å²) in [4.78, 5) is 34.7. The Morgan fingerprint density at radius 2 is 1.70 bits per heavy atom. The van der Waals surface area contributed by atoms with E-state index in [0.29, 0.717) is 59.4 Å². The number of carbonyl (C=O) groups is 2. The van der Waals surface area contributed by atoms with E-state index in [2.05, 4.69) is 0 Å². The van der Waals surface area contributed by atoms with Gasteiger partial charge in [-0.25, -0.2) is 0 Å². The lowest BCUT2D eigenvalue weighted by Crippen LogP contribution is -2.18. The average Bonchev–Trinajstić information content (AvgIpc) is 2.64. The van der Waals surface area contributed by atoms with Gasteiger partial charge in [0.25, 0.3) is 0 Å². The first kappa shape index (κ1) is 19.5. The molecular weight excluding hydrogens is 372 g/mol. The molecule has 7 heteroatoms. The molecule has 144 valence electrons. The molecule has 27 heavy (non-hydrogen) atoms. The third-order valence-corrected chi connectivity index (χ3v) is 4.38. The van der Waals surface area contributed by atoms with E-state index in [0.717, 1.165) is 0 Å². The van der Waals surface area contributed by atoms with Crippen LogP contribution in [0.25, 0.3) is 10.8 Å². The predicted molar refractivity (Wildman–Crippen MR) is 100 cm³/mol. The summed E-state index contributed by atoms with van der Waals surface area (Å²) >= 11 is 6.18. The summed E-state index contributed by atoms with van der Waals surface area (Å²) in [6.45, 7) is 4.09. The summed E-state index contributed by atoms with van der Waals surface area (Å²) < 4.78 is 11.2. The van der Waals surface area contributed by atoms with Crippen LogP contribution >= 0.6 is 11.6 Å². The zero-order valence-electron chi connectivity index (χ0n) is 15.3. The fourth-order valence-electron chi connectivity index (χ4n) is 2.94. The molecule has 0 aliphatic carbocycles. The number of ether oxygens (including phenoxy) is 2. The maximum absolute atomic E-state index is 12.2. The van der Waals surface area contributed by atoms with Gasteiger partial charge >= 0.3 is 11.9 Å². The number of hydrogen-bond donors (Lipinski definition) is 0. The third kappa shape index (κ3) is 4.17. The number of fused-ring (bicyclic) bond motifs is 2. The van der Waals surface area contributed by atoms with E-state index < -0.39 is 0 Å². The molecule has 3 rings (SSSR count). The lowest BCUT2D eigenvalue weighted by Gasteiger charge is -2.23. The Kier molecular flexibility index (Phi) is 6.19. The minimum absolute atomic E-state index is 0.255. The average molecular weight is 393 g/mol. The van der Waals surface area contributed by atoms with Gasteiger partial charge in [0.1, 0.15) is 5.75 Å². The highest BCUT2D eigenvalue weighted by molar-refractivity contribution is 6.31. The number of carbonyl (C=O) groups excluding carboxylic acids is 2. The van der Waals surface area contributed by atoms with Gasteiger partial charge in [0.05, 0.1) is 6.61 Å². The lowest BCUT2D eigenvalue weighted by molar-refractivity contribution is -0.216. The van der Waals surface area contributed by atoms with Gasteiger partial charge in [0.15, 0.2) is 5.75 Å². The number of hydrogen-bond acceptors (Lipinski definition) is 6. The molecule has 0 radical (unpaired) electrons. The largest absolute Gasteiger partial charge is 0.425 e. The molecular formula is C20H21ClO6. The van der Waals surface area contributed by atoms with Crippen LogP contribution in [0.15, 0.2) is 18.2 Å². The smallest absolute Gasteiger partial charge is 0.311 e. The molecule has 0 saturated heterocycles. The molecule has 0 N–H and O–H groups in total. The molecule has 1 heterocycles. The minimum Gasteiger partial charge on any atom is -0.425 e. The summed E-state index contributed by atoms with van der Waals surface area (Å²) in [6, 6.07) is 5.08. The van der Waals surface area contributed by atoms with Crippen molar-refractivity contribution in [1.82, 2.24) is 0 Å². The zero-order chi connectivity index (χ0) is 19.4. The third-order valence-electron chi connectivity index (χ3n) is 4.14. The second-order valence-corrected chi connectivity index (χ2v) is 6.70. The number of rotatable bonds is 6. The van der Waals surface area contributed by atoms with Crippen LogP contribution < -0.4 is 14.4 Å². The van der Waals surface area contributed by atoms with Gasteiger partial charge in [-0.1, -0.05) is 25.4 Å². The summed E-state index contributed by atoms with van der Waals surface area (Å²) in [5, 5.41) is 1.64. The molecule has 0 spiro atoms. The van der Waals surface area contributed by atoms with Crippen molar-refractivity contribution in [3.8, 4) is 17.2 Å². The van der Waals surface area contributed by atoms with E-state index in [1.54, 1.807) is 18.2 Å². The van der Waals surface area contributed by atoms with Gasteiger partial charge in [-0.05, 0) is 31.0 Å². The van der Waals surface area contributed by atoms with Gasteiger partial charge in [0.2, 0.25) is 5.75 Å². The topological polar surface area (TPSA) is 71.1 Å². The molecule has 6 nitrogen and oxygen atoms in total. The van der Waals surface area contributed by atoms with Gasteiger partial charge in [-0.2, -0.15) is 4.89 Å². The standard InChI is InChI=1S/C20H21ClO6/c1-3-5-16(22)25-18-14-9-10-24-27-20(14)19(26-17(23)6-4-2)13-8-7-12(21)11-15(13)18/h7-8,11H,3-6,9-10H2,1-2H3. The highest BCUT2D eigenvalue weighted by Crippen LogP contribution is 2.48. The molecule has 2 aromatic rings. The van der Waals surface area contributed by atoms with Crippen molar-refractivity contribution in [1.29, 1.82) is 0 Å². The van der Waals surface area contributed by atoms with Gasteiger partial charge in [-0.3, -0.25) is 9.59 Å². The van der Waals surface area contributed by atoms with Crippen LogP contribution in [0.4, 0.5) is 0 Å². The van der Waals surface area contributed by atoms with Gasteiger partial charge in [0, 0.05) is 40.6 Å². The zero-order valence-corrected chi connectivity index (χ0v) is 16.1. The van der Waals surface area contributed by atoms with Crippen LogP contribution in [-0.2, 0) is 20.9 Å². The Morgan fingerprint density at radius 3 is 2.37 bits per heavy atom. The normalized spacial score (nSPS) is 13.0. The first-order chi connectivity index (χ1) is 13.0. The van der Waals surface area contributed by atoms with Crippen LogP contribution in [0.2, 0.25) is 5.02 Å². The van der Waals surface area contributed by atoms with Crippen molar-refractivity contribution < 1.29 is 28.8 Å². The fourth-order valence-corrected chi connectivity index (χ4v) is 3.11. The molecule has 2 aromatic carbocycles. The maximum Gasteiger partial charge on any atom is 0.311 e. The van der Waals surface area contributed by atoms with E-state index in [-0.39, 0.29) is 29.9 Å².